The van der Waals surface area contributed by atoms with Gasteiger partial charge in [0.2, 0.25) is 0 Å². The number of thiocarbonyl (C=S) groups is 1. The molecule has 1 amide bonds. The average Bonchev–Trinajstić information content (AvgIpc) is 3.13. The molecule has 1 aliphatic rings. The summed E-state index contributed by atoms with van der Waals surface area (Å²) in [5.41, 5.74) is 1.81. The van der Waals surface area contributed by atoms with Gasteiger partial charge in [-0.05, 0) is 54.4 Å². The summed E-state index contributed by atoms with van der Waals surface area (Å²) >= 11 is 8.15. The number of rotatable bonds is 2. The fraction of sp³-hybridized carbons (Fsp3) is 0.312. The molecule has 2 N–H and O–H groups in total. The van der Waals surface area contributed by atoms with Crippen molar-refractivity contribution in [2.45, 2.75) is 26.2 Å². The van der Waals surface area contributed by atoms with E-state index in [4.69, 9.17) is 12.2 Å². The van der Waals surface area contributed by atoms with E-state index in [9.17, 15) is 10.1 Å². The topological polar surface area (TPSA) is 64.9 Å². The molecule has 2 aromatic rings. The summed E-state index contributed by atoms with van der Waals surface area (Å²) in [5.74, 6) is 0.414. The van der Waals surface area contributed by atoms with Crippen LogP contribution < -0.4 is 10.6 Å². The fourth-order valence-electron chi connectivity index (χ4n) is 2.66. The van der Waals surface area contributed by atoms with E-state index in [2.05, 4.69) is 23.6 Å². The minimum atomic E-state index is -0.231. The Morgan fingerprint density at radius 3 is 3.04 bits per heavy atom. The van der Waals surface area contributed by atoms with Crippen LogP contribution in [-0.4, -0.2) is 11.0 Å². The summed E-state index contributed by atoms with van der Waals surface area (Å²) in [6.07, 6.45) is 3.05. The van der Waals surface area contributed by atoms with Crippen LogP contribution in [0.3, 0.4) is 0 Å². The van der Waals surface area contributed by atoms with Crippen molar-refractivity contribution in [1.29, 1.82) is 5.26 Å². The molecule has 0 radical (unpaired) electrons. The highest BCUT2D eigenvalue weighted by Gasteiger charge is 2.24. The van der Waals surface area contributed by atoms with E-state index in [1.165, 1.54) is 16.2 Å². The molecule has 1 atom stereocenters. The molecule has 0 saturated carbocycles. The zero-order valence-electron chi connectivity index (χ0n) is 12.5. The molecule has 0 aromatic carbocycles. The number of thiophene rings is 2. The highest BCUT2D eigenvalue weighted by Crippen LogP contribution is 2.39. The first-order valence-corrected chi connectivity index (χ1v) is 9.39. The van der Waals surface area contributed by atoms with E-state index in [1.807, 2.05) is 11.4 Å². The maximum absolute atomic E-state index is 12.0. The van der Waals surface area contributed by atoms with E-state index in [-0.39, 0.29) is 11.0 Å². The monoisotopic (exact) mass is 361 g/mol. The predicted molar refractivity (Wildman–Crippen MR) is 98.2 cm³/mol. The molecule has 2 heterocycles. The Kier molecular flexibility index (Phi) is 4.76. The lowest BCUT2D eigenvalue weighted by Crippen LogP contribution is -2.33. The summed E-state index contributed by atoms with van der Waals surface area (Å²) in [6.45, 7) is 2.23. The van der Waals surface area contributed by atoms with Crippen LogP contribution in [0.2, 0.25) is 0 Å². The number of hydrogen-bond acceptors (Lipinski definition) is 5. The second kappa shape index (κ2) is 6.79. The van der Waals surface area contributed by atoms with Gasteiger partial charge < -0.3 is 5.32 Å². The van der Waals surface area contributed by atoms with Crippen molar-refractivity contribution in [1.82, 2.24) is 5.32 Å². The lowest BCUT2D eigenvalue weighted by Gasteiger charge is -2.17. The van der Waals surface area contributed by atoms with E-state index in [0.717, 1.165) is 29.8 Å². The molecule has 7 heteroatoms. The Morgan fingerprint density at radius 1 is 1.52 bits per heavy atom. The molecule has 4 nitrogen and oxygen atoms in total. The SMILES string of the molecule is C[C@@H]1CCc2c(sc(NC(=S)NC(=O)c3cccs3)c2C#N)C1. The number of nitrogens with zero attached hydrogens (tertiary/aromatic N) is 1. The minimum absolute atomic E-state index is 0.228. The molecule has 2 aromatic heterocycles. The standard InChI is InChI=1S/C16H15N3OS3/c1-9-4-5-10-11(8-17)15(23-13(10)7-9)19-16(21)18-14(20)12-3-2-6-22-12/h2-3,6,9H,4-5,7H2,1H3,(H2,18,19,20,21)/t9-/m1/s1. The Hall–Kier alpha value is -1.75. The van der Waals surface area contributed by atoms with Crippen molar-refractivity contribution in [3.63, 3.8) is 0 Å². The van der Waals surface area contributed by atoms with Gasteiger partial charge in [0.05, 0.1) is 10.4 Å². The predicted octanol–water partition coefficient (Wildman–Crippen LogP) is 3.93. The van der Waals surface area contributed by atoms with Gasteiger partial charge in [0.25, 0.3) is 5.91 Å². The number of anilines is 1. The first-order valence-electron chi connectivity index (χ1n) is 7.29. The van der Waals surface area contributed by atoms with Gasteiger partial charge in [-0.2, -0.15) is 5.26 Å². The quantitative estimate of drug-likeness (QED) is 0.796. The van der Waals surface area contributed by atoms with Gasteiger partial charge in [-0.3, -0.25) is 10.1 Å². The molecule has 0 spiro atoms. The van der Waals surface area contributed by atoms with E-state index >= 15 is 0 Å². The number of fused-ring (bicyclic) bond motifs is 1. The van der Waals surface area contributed by atoms with Gasteiger partial charge in [0.15, 0.2) is 5.11 Å². The van der Waals surface area contributed by atoms with E-state index in [0.29, 0.717) is 16.4 Å². The Balaban J connectivity index is 1.74. The van der Waals surface area contributed by atoms with Crippen LogP contribution >= 0.6 is 34.9 Å². The lowest BCUT2D eigenvalue weighted by atomic mass is 9.89. The normalized spacial score (nSPS) is 16.3. The van der Waals surface area contributed by atoms with Gasteiger partial charge in [-0.15, -0.1) is 22.7 Å². The number of amides is 1. The number of carbonyl (C=O) groups excluding carboxylic acids is 1. The van der Waals surface area contributed by atoms with Gasteiger partial charge in [-0.25, -0.2) is 0 Å². The van der Waals surface area contributed by atoms with Gasteiger partial charge in [0, 0.05) is 4.88 Å². The zero-order valence-corrected chi connectivity index (χ0v) is 15.0. The van der Waals surface area contributed by atoms with Crippen molar-refractivity contribution in [3.8, 4) is 6.07 Å². The van der Waals surface area contributed by atoms with Gasteiger partial charge in [-0.1, -0.05) is 13.0 Å². The third-order valence-corrected chi connectivity index (χ3v) is 6.07. The van der Waals surface area contributed by atoms with Crippen LogP contribution in [0.25, 0.3) is 0 Å². The summed E-state index contributed by atoms with van der Waals surface area (Å²) in [6, 6.07) is 5.84. The van der Waals surface area contributed by atoms with Gasteiger partial charge in [0.1, 0.15) is 11.1 Å². The molecule has 3 rings (SSSR count). The highest BCUT2D eigenvalue weighted by atomic mass is 32.1. The van der Waals surface area contributed by atoms with Crippen molar-refractivity contribution in [3.05, 3.63) is 38.4 Å². The maximum Gasteiger partial charge on any atom is 0.267 e. The third kappa shape index (κ3) is 3.44. The molecule has 0 bridgehead atoms. The molecule has 118 valence electrons. The Morgan fingerprint density at radius 2 is 2.35 bits per heavy atom. The van der Waals surface area contributed by atoms with Crippen molar-refractivity contribution in [2.24, 2.45) is 5.92 Å². The smallest absolute Gasteiger partial charge is 0.267 e. The molecule has 0 fully saturated rings. The van der Waals surface area contributed by atoms with Crippen LogP contribution in [0.5, 0.6) is 0 Å². The van der Waals surface area contributed by atoms with Crippen molar-refractivity contribution >= 4 is 50.9 Å². The maximum atomic E-state index is 12.0. The minimum Gasteiger partial charge on any atom is -0.323 e. The zero-order chi connectivity index (χ0) is 16.4. The Bertz CT molecular complexity index is 786. The van der Waals surface area contributed by atoms with E-state index < -0.39 is 0 Å². The van der Waals surface area contributed by atoms with Gasteiger partial charge >= 0.3 is 0 Å². The molecule has 23 heavy (non-hydrogen) atoms. The number of hydrogen-bond donors (Lipinski definition) is 2. The van der Waals surface area contributed by atoms with Crippen molar-refractivity contribution < 1.29 is 4.79 Å². The van der Waals surface area contributed by atoms with Crippen LogP contribution in [-0.2, 0) is 12.8 Å². The van der Waals surface area contributed by atoms with Crippen LogP contribution in [0, 0.1) is 17.2 Å². The molecule has 0 unspecified atom stereocenters. The Labute approximate surface area is 148 Å². The number of carbonyl (C=O) groups is 1. The molecule has 0 aliphatic heterocycles. The van der Waals surface area contributed by atoms with Crippen molar-refractivity contribution in [2.75, 3.05) is 5.32 Å². The molecule has 1 aliphatic carbocycles. The average molecular weight is 362 g/mol. The van der Waals surface area contributed by atoms with Crippen LogP contribution in [0.1, 0.15) is 39.0 Å². The molecule has 0 saturated heterocycles. The van der Waals surface area contributed by atoms with Crippen LogP contribution in [0.15, 0.2) is 17.5 Å². The lowest BCUT2D eigenvalue weighted by molar-refractivity contribution is 0.0981. The summed E-state index contributed by atoms with van der Waals surface area (Å²) in [5, 5.41) is 18.0. The largest absolute Gasteiger partial charge is 0.323 e. The second-order valence-corrected chi connectivity index (χ2v) is 8.01. The van der Waals surface area contributed by atoms with E-state index in [1.54, 1.807) is 17.4 Å². The summed E-state index contributed by atoms with van der Waals surface area (Å²) in [4.78, 5) is 13.9. The number of nitriles is 1. The fourth-order valence-corrected chi connectivity index (χ4v) is 4.91. The summed E-state index contributed by atoms with van der Waals surface area (Å²) in [7, 11) is 0. The molecular weight excluding hydrogens is 346 g/mol. The molecular formula is C16H15N3OS3. The highest BCUT2D eigenvalue weighted by molar-refractivity contribution is 7.80. The first-order chi connectivity index (χ1) is 11.1. The first kappa shape index (κ1) is 16.1. The number of nitrogens with one attached hydrogen (secondary N) is 2. The second-order valence-electron chi connectivity index (χ2n) is 5.55. The summed E-state index contributed by atoms with van der Waals surface area (Å²) < 4.78 is 0. The third-order valence-electron chi connectivity index (χ3n) is 3.82. The van der Waals surface area contributed by atoms with Crippen LogP contribution in [0.4, 0.5) is 5.00 Å².